The second-order valence-corrected chi connectivity index (χ2v) is 5.57. The molecule has 1 aliphatic rings. The Morgan fingerprint density at radius 3 is 2.95 bits per heavy atom. The van der Waals surface area contributed by atoms with Gasteiger partial charge in [-0.3, -0.25) is 5.10 Å². The van der Waals surface area contributed by atoms with E-state index in [1.54, 1.807) is 0 Å². The Bertz CT molecular complexity index is 342. The quantitative estimate of drug-likeness (QED) is 0.708. The van der Waals surface area contributed by atoms with Gasteiger partial charge < -0.3 is 10.2 Å². The number of aromatic nitrogens is 2. The summed E-state index contributed by atoms with van der Waals surface area (Å²) in [6.07, 6.45) is 7.69. The standard InChI is InChI=1S/C15H28N4/c1-2-7-14-12-15(18-17-14)13-16-8-6-11-19-9-4-3-5-10-19/h12,16H,2-11,13H2,1H3,(H,17,18). The first-order valence-electron chi connectivity index (χ1n) is 7.84. The van der Waals surface area contributed by atoms with Crippen LogP contribution < -0.4 is 5.32 Å². The summed E-state index contributed by atoms with van der Waals surface area (Å²) < 4.78 is 0. The van der Waals surface area contributed by atoms with E-state index in [9.17, 15) is 0 Å². The molecule has 2 rings (SSSR count). The van der Waals surface area contributed by atoms with Crippen molar-refractivity contribution >= 4 is 0 Å². The van der Waals surface area contributed by atoms with Gasteiger partial charge in [0, 0.05) is 12.2 Å². The van der Waals surface area contributed by atoms with Gasteiger partial charge in [-0.1, -0.05) is 19.8 Å². The third-order valence-electron chi connectivity index (χ3n) is 3.78. The van der Waals surface area contributed by atoms with Crippen molar-refractivity contribution in [3.05, 3.63) is 17.5 Å². The van der Waals surface area contributed by atoms with Gasteiger partial charge in [0.15, 0.2) is 0 Å². The van der Waals surface area contributed by atoms with Gasteiger partial charge in [-0.15, -0.1) is 0 Å². The minimum Gasteiger partial charge on any atom is -0.311 e. The van der Waals surface area contributed by atoms with Crippen LogP contribution in [-0.4, -0.2) is 41.3 Å². The topological polar surface area (TPSA) is 44.0 Å². The molecule has 2 N–H and O–H groups in total. The first-order valence-corrected chi connectivity index (χ1v) is 7.84. The average Bonchev–Trinajstić information content (AvgIpc) is 2.88. The highest BCUT2D eigenvalue weighted by Crippen LogP contribution is 2.08. The summed E-state index contributed by atoms with van der Waals surface area (Å²) in [7, 11) is 0. The molecule has 19 heavy (non-hydrogen) atoms. The minimum atomic E-state index is 0.913. The van der Waals surface area contributed by atoms with Crippen LogP contribution in [0.25, 0.3) is 0 Å². The van der Waals surface area contributed by atoms with Crippen LogP contribution in [0.4, 0.5) is 0 Å². The molecule has 0 saturated carbocycles. The van der Waals surface area contributed by atoms with Gasteiger partial charge >= 0.3 is 0 Å². The molecule has 0 radical (unpaired) electrons. The highest BCUT2D eigenvalue weighted by Gasteiger charge is 2.08. The lowest BCUT2D eigenvalue weighted by Gasteiger charge is -2.26. The first kappa shape index (κ1) is 14.5. The first-order chi connectivity index (χ1) is 9.38. The second kappa shape index (κ2) is 8.33. The molecule has 4 nitrogen and oxygen atoms in total. The molecule has 0 atom stereocenters. The van der Waals surface area contributed by atoms with Gasteiger partial charge in [-0.25, -0.2) is 0 Å². The fourth-order valence-corrected chi connectivity index (χ4v) is 2.72. The molecular formula is C15H28N4. The molecule has 0 aromatic carbocycles. The average molecular weight is 264 g/mol. The molecular weight excluding hydrogens is 236 g/mol. The molecule has 1 aromatic heterocycles. The smallest absolute Gasteiger partial charge is 0.0625 e. The normalized spacial score (nSPS) is 16.9. The molecule has 1 aliphatic heterocycles. The van der Waals surface area contributed by atoms with E-state index in [1.165, 1.54) is 56.7 Å². The van der Waals surface area contributed by atoms with Gasteiger partial charge in [0.25, 0.3) is 0 Å². The SMILES string of the molecule is CCCc1cc(CNCCCN2CCCCC2)[nH]n1. The zero-order valence-electron chi connectivity index (χ0n) is 12.2. The van der Waals surface area contributed by atoms with Crippen molar-refractivity contribution in [3.63, 3.8) is 0 Å². The van der Waals surface area contributed by atoms with Crippen LogP contribution >= 0.6 is 0 Å². The number of hydrogen-bond acceptors (Lipinski definition) is 3. The lowest BCUT2D eigenvalue weighted by molar-refractivity contribution is 0.225. The Balaban J connectivity index is 1.53. The number of nitrogens with zero attached hydrogens (tertiary/aromatic N) is 2. The number of hydrogen-bond donors (Lipinski definition) is 2. The van der Waals surface area contributed by atoms with E-state index >= 15 is 0 Å². The lowest BCUT2D eigenvalue weighted by atomic mass is 10.1. The van der Waals surface area contributed by atoms with E-state index in [4.69, 9.17) is 0 Å². The molecule has 0 spiro atoms. The van der Waals surface area contributed by atoms with Crippen LogP contribution in [0.15, 0.2) is 6.07 Å². The van der Waals surface area contributed by atoms with Crippen molar-refractivity contribution in [2.45, 2.75) is 52.0 Å². The van der Waals surface area contributed by atoms with Crippen LogP contribution in [0.2, 0.25) is 0 Å². The van der Waals surface area contributed by atoms with Gasteiger partial charge in [0.2, 0.25) is 0 Å². The number of likely N-dealkylation sites (tertiary alicyclic amines) is 1. The predicted octanol–water partition coefficient (Wildman–Crippen LogP) is 2.33. The second-order valence-electron chi connectivity index (χ2n) is 5.57. The molecule has 0 amide bonds. The molecule has 1 fully saturated rings. The van der Waals surface area contributed by atoms with E-state index in [0.29, 0.717) is 0 Å². The van der Waals surface area contributed by atoms with Crippen molar-refractivity contribution in [3.8, 4) is 0 Å². The van der Waals surface area contributed by atoms with Crippen LogP contribution in [0.5, 0.6) is 0 Å². The number of nitrogens with one attached hydrogen (secondary N) is 2. The third kappa shape index (κ3) is 5.33. The highest BCUT2D eigenvalue weighted by atomic mass is 15.1. The van der Waals surface area contributed by atoms with Crippen LogP contribution in [0.3, 0.4) is 0 Å². The number of aryl methyl sites for hydroxylation is 1. The van der Waals surface area contributed by atoms with Crippen LogP contribution in [0, 0.1) is 0 Å². The number of H-pyrrole nitrogens is 1. The Morgan fingerprint density at radius 1 is 1.32 bits per heavy atom. The zero-order chi connectivity index (χ0) is 13.3. The van der Waals surface area contributed by atoms with Gasteiger partial charge in [0.05, 0.1) is 5.69 Å². The molecule has 0 unspecified atom stereocenters. The van der Waals surface area contributed by atoms with Crippen LogP contribution in [0.1, 0.15) is 50.4 Å². The Labute approximate surface area is 117 Å². The van der Waals surface area contributed by atoms with Crippen molar-refractivity contribution in [2.24, 2.45) is 0 Å². The van der Waals surface area contributed by atoms with Crippen LogP contribution in [-0.2, 0) is 13.0 Å². The van der Waals surface area contributed by atoms with E-state index in [-0.39, 0.29) is 0 Å². The monoisotopic (exact) mass is 264 g/mol. The molecule has 0 aliphatic carbocycles. The van der Waals surface area contributed by atoms with Crippen molar-refractivity contribution in [2.75, 3.05) is 26.2 Å². The zero-order valence-corrected chi connectivity index (χ0v) is 12.2. The molecule has 1 aromatic rings. The maximum absolute atomic E-state index is 4.31. The lowest BCUT2D eigenvalue weighted by Crippen LogP contribution is -2.32. The maximum atomic E-state index is 4.31. The summed E-state index contributed by atoms with van der Waals surface area (Å²) >= 11 is 0. The van der Waals surface area contributed by atoms with E-state index in [0.717, 1.165) is 25.9 Å². The number of piperidine rings is 1. The van der Waals surface area contributed by atoms with E-state index in [2.05, 4.69) is 33.4 Å². The fourth-order valence-electron chi connectivity index (χ4n) is 2.72. The molecule has 2 heterocycles. The minimum absolute atomic E-state index is 0.913. The van der Waals surface area contributed by atoms with Gasteiger partial charge in [0.1, 0.15) is 0 Å². The Kier molecular flexibility index (Phi) is 6.37. The molecule has 0 bridgehead atoms. The Morgan fingerprint density at radius 2 is 2.16 bits per heavy atom. The van der Waals surface area contributed by atoms with E-state index in [1.807, 2.05) is 0 Å². The maximum Gasteiger partial charge on any atom is 0.0625 e. The fraction of sp³-hybridized carbons (Fsp3) is 0.800. The van der Waals surface area contributed by atoms with E-state index < -0.39 is 0 Å². The summed E-state index contributed by atoms with van der Waals surface area (Å²) in [4.78, 5) is 2.60. The molecule has 108 valence electrons. The summed E-state index contributed by atoms with van der Waals surface area (Å²) in [6.45, 7) is 8.06. The largest absolute Gasteiger partial charge is 0.311 e. The molecule has 4 heteroatoms. The summed E-state index contributed by atoms with van der Waals surface area (Å²) in [5, 5.41) is 10.9. The van der Waals surface area contributed by atoms with Gasteiger partial charge in [-0.2, -0.15) is 5.10 Å². The predicted molar refractivity (Wildman–Crippen MR) is 79.2 cm³/mol. The van der Waals surface area contributed by atoms with Gasteiger partial charge in [-0.05, 0) is 57.9 Å². The summed E-state index contributed by atoms with van der Waals surface area (Å²) in [5.41, 5.74) is 2.40. The third-order valence-corrected chi connectivity index (χ3v) is 3.78. The molecule has 1 saturated heterocycles. The number of aromatic amines is 1. The Hall–Kier alpha value is -0.870. The van der Waals surface area contributed by atoms with Crippen molar-refractivity contribution in [1.82, 2.24) is 20.4 Å². The van der Waals surface area contributed by atoms with Crippen molar-refractivity contribution < 1.29 is 0 Å². The highest BCUT2D eigenvalue weighted by molar-refractivity contribution is 5.08. The summed E-state index contributed by atoms with van der Waals surface area (Å²) in [6, 6.07) is 2.18. The number of rotatable bonds is 8. The van der Waals surface area contributed by atoms with Crippen molar-refractivity contribution in [1.29, 1.82) is 0 Å². The summed E-state index contributed by atoms with van der Waals surface area (Å²) in [5.74, 6) is 0.